The van der Waals surface area contributed by atoms with E-state index < -0.39 is 0 Å². The highest BCUT2D eigenvalue weighted by atomic mass is 35.5. The number of amides is 1. The van der Waals surface area contributed by atoms with E-state index in [-0.39, 0.29) is 5.91 Å². The second-order valence-corrected chi connectivity index (χ2v) is 8.62. The number of hydrogen-bond acceptors (Lipinski definition) is 4. The van der Waals surface area contributed by atoms with Gasteiger partial charge in [0.1, 0.15) is 22.6 Å². The van der Waals surface area contributed by atoms with Gasteiger partial charge in [-0.3, -0.25) is 4.79 Å². The standard InChI is InChI=1S/C22H16Cl2N2O2S/c23-13-5-8-16(18(24)11-13)19-9-6-14(28-19)7-10-21(27)26-22-17(12-25)15-3-1-2-4-20(15)29-22/h5-11H,1-4H2,(H,26,27)/b10-7+. The molecule has 7 heteroatoms. The van der Waals surface area contributed by atoms with Crippen LogP contribution in [0.2, 0.25) is 10.0 Å². The molecule has 146 valence electrons. The molecule has 0 aliphatic heterocycles. The molecule has 0 radical (unpaired) electrons. The smallest absolute Gasteiger partial charge is 0.249 e. The lowest BCUT2D eigenvalue weighted by Crippen LogP contribution is -2.07. The Morgan fingerprint density at radius 2 is 2.03 bits per heavy atom. The number of halogens is 2. The summed E-state index contributed by atoms with van der Waals surface area (Å²) in [4.78, 5) is 13.6. The molecule has 0 bridgehead atoms. The van der Waals surface area contributed by atoms with Crippen molar-refractivity contribution in [3.05, 3.63) is 68.2 Å². The van der Waals surface area contributed by atoms with Crippen LogP contribution >= 0.6 is 34.5 Å². The van der Waals surface area contributed by atoms with Gasteiger partial charge < -0.3 is 9.73 Å². The van der Waals surface area contributed by atoms with Crippen LogP contribution in [-0.4, -0.2) is 5.91 Å². The van der Waals surface area contributed by atoms with Gasteiger partial charge in [-0.2, -0.15) is 5.26 Å². The highest BCUT2D eigenvalue weighted by molar-refractivity contribution is 7.16. The average molecular weight is 443 g/mol. The lowest BCUT2D eigenvalue weighted by molar-refractivity contribution is -0.111. The van der Waals surface area contributed by atoms with E-state index in [1.165, 1.54) is 22.3 Å². The summed E-state index contributed by atoms with van der Waals surface area (Å²) in [6, 6.07) is 11.0. The second-order valence-electron chi connectivity index (χ2n) is 6.68. The Labute approximate surface area is 182 Å². The van der Waals surface area contributed by atoms with E-state index in [0.29, 0.717) is 32.1 Å². The van der Waals surface area contributed by atoms with Crippen molar-refractivity contribution >= 4 is 51.5 Å². The van der Waals surface area contributed by atoms with Gasteiger partial charge in [-0.15, -0.1) is 11.3 Å². The van der Waals surface area contributed by atoms with Crippen molar-refractivity contribution in [1.82, 2.24) is 0 Å². The first-order valence-corrected chi connectivity index (χ1v) is 10.7. The molecule has 1 N–H and O–H groups in total. The fraction of sp³-hybridized carbons (Fsp3) is 0.182. The van der Waals surface area contributed by atoms with Crippen molar-refractivity contribution < 1.29 is 9.21 Å². The number of carbonyl (C=O) groups excluding carboxylic acids is 1. The first-order valence-electron chi connectivity index (χ1n) is 9.14. The number of thiophene rings is 1. The van der Waals surface area contributed by atoms with Gasteiger partial charge in [-0.25, -0.2) is 0 Å². The maximum absolute atomic E-state index is 12.4. The maximum atomic E-state index is 12.4. The largest absolute Gasteiger partial charge is 0.457 e. The topological polar surface area (TPSA) is 66.0 Å². The van der Waals surface area contributed by atoms with E-state index >= 15 is 0 Å². The Kier molecular flexibility index (Phi) is 5.77. The summed E-state index contributed by atoms with van der Waals surface area (Å²) in [7, 11) is 0. The van der Waals surface area contributed by atoms with Gasteiger partial charge in [0.15, 0.2) is 0 Å². The highest BCUT2D eigenvalue weighted by Crippen LogP contribution is 2.37. The van der Waals surface area contributed by atoms with Crippen molar-refractivity contribution in [2.24, 2.45) is 0 Å². The number of anilines is 1. The van der Waals surface area contributed by atoms with Crippen LogP contribution in [0.3, 0.4) is 0 Å². The van der Waals surface area contributed by atoms with Crippen LogP contribution in [0.25, 0.3) is 17.4 Å². The number of hydrogen-bond donors (Lipinski definition) is 1. The summed E-state index contributed by atoms with van der Waals surface area (Å²) in [5, 5.41) is 14.0. The Bertz CT molecular complexity index is 1150. The molecule has 0 saturated heterocycles. The molecule has 2 heterocycles. The minimum atomic E-state index is -0.303. The molecule has 0 saturated carbocycles. The van der Waals surface area contributed by atoms with Gasteiger partial charge in [-0.1, -0.05) is 23.2 Å². The normalized spacial score (nSPS) is 13.3. The molecule has 1 aromatic carbocycles. The van der Waals surface area contributed by atoms with Gasteiger partial charge in [0.2, 0.25) is 5.91 Å². The molecule has 1 aliphatic rings. The van der Waals surface area contributed by atoms with Crippen molar-refractivity contribution in [1.29, 1.82) is 5.26 Å². The minimum absolute atomic E-state index is 0.303. The fourth-order valence-corrected chi connectivity index (χ4v) is 5.10. The van der Waals surface area contributed by atoms with Crippen LogP contribution in [0.15, 0.2) is 40.8 Å². The number of benzene rings is 1. The summed E-state index contributed by atoms with van der Waals surface area (Å²) in [6.07, 6.45) is 7.08. The molecule has 0 unspecified atom stereocenters. The van der Waals surface area contributed by atoms with E-state index in [0.717, 1.165) is 36.8 Å². The van der Waals surface area contributed by atoms with Gasteiger partial charge >= 0.3 is 0 Å². The number of rotatable bonds is 4. The number of nitrogens with zero attached hydrogens (tertiary/aromatic N) is 1. The molecule has 29 heavy (non-hydrogen) atoms. The summed E-state index contributed by atoms with van der Waals surface area (Å²) in [5.41, 5.74) is 2.42. The van der Waals surface area contributed by atoms with Crippen molar-refractivity contribution in [3.63, 3.8) is 0 Å². The molecular weight excluding hydrogens is 427 g/mol. The number of fused-ring (bicyclic) bond motifs is 1. The third-order valence-electron chi connectivity index (χ3n) is 4.74. The monoisotopic (exact) mass is 442 g/mol. The minimum Gasteiger partial charge on any atom is -0.457 e. The van der Waals surface area contributed by atoms with E-state index in [1.54, 1.807) is 36.4 Å². The lowest BCUT2D eigenvalue weighted by atomic mass is 9.96. The van der Waals surface area contributed by atoms with Crippen molar-refractivity contribution in [2.75, 3.05) is 5.32 Å². The highest BCUT2D eigenvalue weighted by Gasteiger charge is 2.21. The predicted molar refractivity (Wildman–Crippen MR) is 118 cm³/mol. The van der Waals surface area contributed by atoms with E-state index in [1.807, 2.05) is 0 Å². The zero-order chi connectivity index (χ0) is 20.4. The Morgan fingerprint density at radius 3 is 2.83 bits per heavy atom. The Morgan fingerprint density at radius 1 is 1.21 bits per heavy atom. The molecule has 2 aromatic heterocycles. The Hall–Kier alpha value is -2.52. The summed E-state index contributed by atoms with van der Waals surface area (Å²) < 4.78 is 5.76. The molecular formula is C22H16Cl2N2O2S. The molecule has 4 rings (SSSR count). The summed E-state index contributed by atoms with van der Waals surface area (Å²) in [5.74, 6) is 0.805. The molecule has 1 aliphatic carbocycles. The zero-order valence-corrected chi connectivity index (χ0v) is 17.6. The van der Waals surface area contributed by atoms with Crippen LogP contribution < -0.4 is 5.32 Å². The molecule has 1 amide bonds. The quantitative estimate of drug-likeness (QED) is 0.456. The molecule has 4 nitrogen and oxygen atoms in total. The van der Waals surface area contributed by atoms with Crippen molar-refractivity contribution in [3.8, 4) is 17.4 Å². The third-order valence-corrected chi connectivity index (χ3v) is 6.50. The first kappa shape index (κ1) is 19.8. The van der Waals surface area contributed by atoms with Crippen molar-refractivity contribution in [2.45, 2.75) is 25.7 Å². The molecule has 0 atom stereocenters. The lowest BCUT2D eigenvalue weighted by Gasteiger charge is -2.09. The van der Waals surface area contributed by atoms with E-state index in [9.17, 15) is 10.1 Å². The third kappa shape index (κ3) is 4.25. The Balaban J connectivity index is 1.48. The van der Waals surface area contributed by atoms with Crippen LogP contribution in [-0.2, 0) is 17.6 Å². The molecule has 0 spiro atoms. The van der Waals surface area contributed by atoms with Gasteiger partial charge in [0, 0.05) is 21.5 Å². The number of carbonyl (C=O) groups is 1. The SMILES string of the molecule is N#Cc1c(NC(=O)/C=C/c2ccc(-c3ccc(Cl)cc3Cl)o2)sc2c1CCCC2. The zero-order valence-electron chi connectivity index (χ0n) is 15.3. The summed E-state index contributed by atoms with van der Waals surface area (Å²) in [6.45, 7) is 0. The van der Waals surface area contributed by atoms with Crippen LogP contribution in [0.4, 0.5) is 5.00 Å². The van der Waals surface area contributed by atoms with Gasteiger partial charge in [-0.05, 0) is 67.7 Å². The average Bonchev–Trinajstić information content (AvgIpc) is 3.30. The number of furan rings is 1. The number of nitrogens with one attached hydrogen (secondary N) is 1. The van der Waals surface area contributed by atoms with Crippen LogP contribution in [0.5, 0.6) is 0 Å². The molecule has 0 fully saturated rings. The molecule has 3 aromatic rings. The van der Waals surface area contributed by atoms with E-state index in [4.69, 9.17) is 27.6 Å². The predicted octanol–water partition coefficient (Wildman–Crippen LogP) is 6.72. The summed E-state index contributed by atoms with van der Waals surface area (Å²) >= 11 is 13.6. The van der Waals surface area contributed by atoms with Gasteiger partial charge in [0.25, 0.3) is 0 Å². The number of nitriles is 1. The maximum Gasteiger partial charge on any atom is 0.249 e. The first-order chi connectivity index (χ1) is 14.0. The second kappa shape index (κ2) is 8.46. The van der Waals surface area contributed by atoms with Gasteiger partial charge in [0.05, 0.1) is 10.6 Å². The number of aryl methyl sites for hydroxylation is 1. The van der Waals surface area contributed by atoms with E-state index in [2.05, 4.69) is 11.4 Å². The fourth-order valence-electron chi connectivity index (χ4n) is 3.36. The van der Waals surface area contributed by atoms with Crippen LogP contribution in [0, 0.1) is 11.3 Å². The van der Waals surface area contributed by atoms with Crippen LogP contribution in [0.1, 0.15) is 34.6 Å².